The van der Waals surface area contributed by atoms with Crippen molar-refractivity contribution in [3.05, 3.63) is 76.8 Å². The van der Waals surface area contributed by atoms with Gasteiger partial charge < -0.3 is 25.1 Å². The Kier molecular flexibility index (Phi) is 5.00. The van der Waals surface area contributed by atoms with Crippen LogP contribution in [0.2, 0.25) is 5.02 Å². The molecule has 5 rings (SSSR count). The predicted molar refractivity (Wildman–Crippen MR) is 121 cm³/mol. The Balaban J connectivity index is 1.68. The summed E-state index contributed by atoms with van der Waals surface area (Å²) in [6, 6.07) is 9.17. The first kappa shape index (κ1) is 21.0. The third kappa shape index (κ3) is 3.28. The lowest BCUT2D eigenvalue weighted by atomic mass is 9.81. The van der Waals surface area contributed by atoms with Crippen LogP contribution in [0.1, 0.15) is 31.2 Å². The Hall–Kier alpha value is -2.87. The summed E-state index contributed by atoms with van der Waals surface area (Å²) >= 11 is 6.21. The summed E-state index contributed by atoms with van der Waals surface area (Å²) in [5.74, 6) is -0.801. The van der Waals surface area contributed by atoms with Gasteiger partial charge in [0.1, 0.15) is 17.4 Å². The van der Waals surface area contributed by atoms with Crippen LogP contribution in [-0.4, -0.2) is 21.7 Å². The molecule has 4 N–H and O–H groups in total. The Labute approximate surface area is 188 Å². The van der Waals surface area contributed by atoms with Gasteiger partial charge in [0.15, 0.2) is 0 Å². The topological polar surface area (TPSA) is 73.2 Å². The first-order valence-electron chi connectivity index (χ1n) is 10.3. The molecule has 4 aromatic rings. The van der Waals surface area contributed by atoms with Crippen molar-refractivity contribution in [2.75, 3.05) is 5.32 Å². The molecule has 1 aliphatic heterocycles. The molecule has 5 nitrogen and oxygen atoms in total. The highest BCUT2D eigenvalue weighted by molar-refractivity contribution is 6.36. The lowest BCUT2D eigenvalue weighted by Crippen LogP contribution is -2.54. The van der Waals surface area contributed by atoms with Crippen molar-refractivity contribution in [1.29, 1.82) is 0 Å². The third-order valence-corrected chi connectivity index (χ3v) is 6.40. The second-order valence-electron chi connectivity index (χ2n) is 8.60. The van der Waals surface area contributed by atoms with Crippen LogP contribution >= 0.6 is 11.6 Å². The number of furan rings is 1. The van der Waals surface area contributed by atoms with E-state index in [4.69, 9.17) is 16.0 Å². The molecule has 3 heterocycles. The van der Waals surface area contributed by atoms with Gasteiger partial charge in [0.05, 0.1) is 46.6 Å². The molecule has 2 aromatic heterocycles. The summed E-state index contributed by atoms with van der Waals surface area (Å²) in [5, 5.41) is 18.5. The van der Waals surface area contributed by atoms with Crippen molar-refractivity contribution in [3.8, 4) is 11.1 Å². The standard InChI is InChI=1S/C24H22ClF2N3O2/c1-24(2)23(31)22(28-10-12-5-4-8-32-12)19-17(30-24)9-16(26)18(20(19)27)14-7-3-6-13-15(25)11-29-21(13)14/h3-9,11,22-23,28-31H,10H2,1-2H3. The number of aliphatic hydroxyl groups is 1. The van der Waals surface area contributed by atoms with Crippen molar-refractivity contribution in [2.24, 2.45) is 0 Å². The summed E-state index contributed by atoms with van der Waals surface area (Å²) in [6.07, 6.45) is 2.14. The minimum absolute atomic E-state index is 0.175. The highest BCUT2D eigenvalue weighted by Crippen LogP contribution is 2.44. The lowest BCUT2D eigenvalue weighted by molar-refractivity contribution is 0.0655. The van der Waals surface area contributed by atoms with E-state index in [0.717, 1.165) is 0 Å². The zero-order valence-corrected chi connectivity index (χ0v) is 18.2. The van der Waals surface area contributed by atoms with Gasteiger partial charge in [-0.2, -0.15) is 0 Å². The van der Waals surface area contributed by atoms with Gasteiger partial charge in [-0.1, -0.05) is 29.8 Å². The maximum atomic E-state index is 16.1. The predicted octanol–water partition coefficient (Wildman–Crippen LogP) is 5.76. The highest BCUT2D eigenvalue weighted by atomic mass is 35.5. The van der Waals surface area contributed by atoms with E-state index in [1.54, 1.807) is 56.6 Å². The van der Waals surface area contributed by atoms with Crippen LogP contribution < -0.4 is 10.6 Å². The number of aliphatic hydroxyl groups excluding tert-OH is 1. The van der Waals surface area contributed by atoms with E-state index < -0.39 is 29.3 Å². The molecule has 2 aromatic carbocycles. The first-order valence-corrected chi connectivity index (χ1v) is 10.7. The minimum atomic E-state index is -0.992. The third-order valence-electron chi connectivity index (χ3n) is 6.09. The van der Waals surface area contributed by atoms with Gasteiger partial charge in [0.2, 0.25) is 0 Å². The van der Waals surface area contributed by atoms with Crippen LogP contribution in [-0.2, 0) is 6.54 Å². The number of nitrogens with one attached hydrogen (secondary N) is 3. The summed E-state index contributed by atoms with van der Waals surface area (Å²) < 4.78 is 36.8. The van der Waals surface area contributed by atoms with E-state index in [9.17, 15) is 5.11 Å². The molecular weight excluding hydrogens is 436 g/mol. The largest absolute Gasteiger partial charge is 0.468 e. The molecule has 2 atom stereocenters. The number of aromatic nitrogens is 1. The van der Waals surface area contributed by atoms with Crippen molar-refractivity contribution in [3.63, 3.8) is 0 Å². The van der Waals surface area contributed by atoms with Gasteiger partial charge in [-0.15, -0.1) is 0 Å². The monoisotopic (exact) mass is 457 g/mol. The summed E-state index contributed by atoms with van der Waals surface area (Å²) in [7, 11) is 0. The van der Waals surface area contributed by atoms with E-state index in [0.29, 0.717) is 32.9 Å². The first-order chi connectivity index (χ1) is 15.3. The van der Waals surface area contributed by atoms with Crippen molar-refractivity contribution in [2.45, 2.75) is 38.1 Å². The molecule has 0 spiro atoms. The van der Waals surface area contributed by atoms with Crippen LogP contribution in [0.15, 0.2) is 53.3 Å². The van der Waals surface area contributed by atoms with E-state index in [-0.39, 0.29) is 17.7 Å². The molecule has 0 fully saturated rings. The molecule has 8 heteroatoms. The SMILES string of the molecule is CC1(C)Nc2cc(F)c(-c3cccc4c(Cl)c[nH]c34)c(F)c2C(NCc2ccco2)C1O. The second-order valence-corrected chi connectivity index (χ2v) is 9.01. The van der Waals surface area contributed by atoms with Gasteiger partial charge in [0, 0.05) is 28.4 Å². The Bertz CT molecular complexity index is 1300. The normalized spacial score (nSPS) is 19.7. The molecule has 2 unspecified atom stereocenters. The molecule has 0 saturated carbocycles. The van der Waals surface area contributed by atoms with Gasteiger partial charge in [-0.3, -0.25) is 0 Å². The average molecular weight is 458 g/mol. The number of anilines is 1. The Morgan fingerprint density at radius 3 is 2.78 bits per heavy atom. The summed E-state index contributed by atoms with van der Waals surface area (Å²) in [5.41, 5.74) is 0.381. The molecular formula is C24H22ClF2N3O2. The minimum Gasteiger partial charge on any atom is -0.468 e. The Morgan fingerprint density at radius 2 is 2.03 bits per heavy atom. The highest BCUT2D eigenvalue weighted by Gasteiger charge is 2.43. The number of hydrogen-bond acceptors (Lipinski definition) is 4. The smallest absolute Gasteiger partial charge is 0.140 e. The molecule has 1 aliphatic rings. The number of aromatic amines is 1. The number of rotatable bonds is 4. The number of fused-ring (bicyclic) bond motifs is 2. The van der Waals surface area contributed by atoms with Crippen molar-refractivity contribution in [1.82, 2.24) is 10.3 Å². The quantitative estimate of drug-likeness (QED) is 0.314. The second kappa shape index (κ2) is 7.62. The fraction of sp³-hybridized carbons (Fsp3) is 0.250. The average Bonchev–Trinajstić information content (AvgIpc) is 3.39. The fourth-order valence-corrected chi connectivity index (χ4v) is 4.66. The zero-order valence-electron chi connectivity index (χ0n) is 17.5. The van der Waals surface area contributed by atoms with Crippen LogP contribution in [0.3, 0.4) is 0 Å². The lowest BCUT2D eigenvalue weighted by Gasteiger charge is -2.44. The van der Waals surface area contributed by atoms with Crippen LogP contribution in [0.25, 0.3) is 22.0 Å². The summed E-state index contributed by atoms with van der Waals surface area (Å²) in [4.78, 5) is 3.01. The van der Waals surface area contributed by atoms with Gasteiger partial charge in [0.25, 0.3) is 0 Å². The van der Waals surface area contributed by atoms with E-state index in [1.807, 2.05) is 0 Å². The molecule has 0 aliphatic carbocycles. The van der Waals surface area contributed by atoms with Crippen molar-refractivity contribution >= 4 is 28.2 Å². The number of benzene rings is 2. The van der Waals surface area contributed by atoms with Gasteiger partial charge in [-0.05, 0) is 32.0 Å². The van der Waals surface area contributed by atoms with E-state index >= 15 is 8.78 Å². The van der Waals surface area contributed by atoms with Gasteiger partial charge in [-0.25, -0.2) is 8.78 Å². The molecule has 0 saturated heterocycles. The van der Waals surface area contributed by atoms with Crippen LogP contribution in [0, 0.1) is 11.6 Å². The van der Waals surface area contributed by atoms with E-state index in [2.05, 4.69) is 15.6 Å². The maximum Gasteiger partial charge on any atom is 0.140 e. The van der Waals surface area contributed by atoms with Crippen LogP contribution in [0.5, 0.6) is 0 Å². The van der Waals surface area contributed by atoms with Crippen LogP contribution in [0.4, 0.5) is 14.5 Å². The molecule has 0 amide bonds. The number of H-pyrrole nitrogens is 1. The summed E-state index contributed by atoms with van der Waals surface area (Å²) in [6.45, 7) is 3.85. The number of hydrogen-bond donors (Lipinski definition) is 4. The Morgan fingerprint density at radius 1 is 1.22 bits per heavy atom. The maximum absolute atomic E-state index is 16.1. The van der Waals surface area contributed by atoms with Gasteiger partial charge >= 0.3 is 0 Å². The molecule has 166 valence electrons. The van der Waals surface area contributed by atoms with Crippen molar-refractivity contribution < 1.29 is 18.3 Å². The number of halogens is 3. The molecule has 0 radical (unpaired) electrons. The fourth-order valence-electron chi connectivity index (χ4n) is 4.45. The number of para-hydroxylation sites is 1. The molecule has 32 heavy (non-hydrogen) atoms. The zero-order chi connectivity index (χ0) is 22.6. The van der Waals surface area contributed by atoms with E-state index in [1.165, 1.54) is 6.07 Å². The molecule has 0 bridgehead atoms.